The summed E-state index contributed by atoms with van der Waals surface area (Å²) in [4.78, 5) is 14.3. The summed E-state index contributed by atoms with van der Waals surface area (Å²) in [5.74, 6) is -0.0822. The number of rotatable bonds is 6. The summed E-state index contributed by atoms with van der Waals surface area (Å²) in [6.45, 7) is 1.89. The zero-order valence-corrected chi connectivity index (χ0v) is 16.9. The number of halogens is 1. The fraction of sp³-hybridized carbons (Fsp3) is 0.0476. The molecule has 0 aliphatic rings. The van der Waals surface area contributed by atoms with E-state index in [1.165, 1.54) is 30.5 Å². The lowest BCUT2D eigenvalue weighted by Gasteiger charge is -2.05. The van der Waals surface area contributed by atoms with Crippen LogP contribution in [0, 0.1) is 6.92 Å². The van der Waals surface area contributed by atoms with Crippen molar-refractivity contribution in [2.75, 3.05) is 0 Å². The zero-order valence-electron chi connectivity index (χ0n) is 15.4. The first kappa shape index (κ1) is 20.6. The molecule has 0 amide bonds. The highest BCUT2D eigenvalue weighted by Crippen LogP contribution is 2.15. The van der Waals surface area contributed by atoms with E-state index in [-0.39, 0.29) is 4.90 Å². The van der Waals surface area contributed by atoms with Gasteiger partial charge in [-0.3, -0.25) is 0 Å². The van der Waals surface area contributed by atoms with E-state index in [0.717, 1.165) is 5.56 Å². The van der Waals surface area contributed by atoms with Crippen LogP contribution in [0.3, 0.4) is 0 Å². The predicted octanol–water partition coefficient (Wildman–Crippen LogP) is 4.18. The van der Waals surface area contributed by atoms with Crippen molar-refractivity contribution in [1.29, 1.82) is 0 Å². The topological polar surface area (TPSA) is 84.8 Å². The molecule has 0 spiro atoms. The van der Waals surface area contributed by atoms with E-state index < -0.39 is 16.0 Å². The molecule has 0 heterocycles. The minimum absolute atomic E-state index is 0.0532. The van der Waals surface area contributed by atoms with E-state index in [0.29, 0.717) is 21.9 Å². The predicted molar refractivity (Wildman–Crippen MR) is 112 cm³/mol. The van der Waals surface area contributed by atoms with Gasteiger partial charge in [0.15, 0.2) is 0 Å². The molecule has 0 aliphatic heterocycles. The van der Waals surface area contributed by atoms with E-state index in [9.17, 15) is 13.2 Å². The molecule has 8 heteroatoms. The second kappa shape index (κ2) is 8.89. The number of nitrogens with one attached hydrogen (secondary N) is 1. The number of nitrogens with zero attached hydrogens (tertiary/aromatic N) is 1. The first-order valence-electron chi connectivity index (χ1n) is 8.53. The van der Waals surface area contributed by atoms with Crippen LogP contribution < -0.4 is 9.57 Å². The number of ether oxygens (including phenoxy) is 1. The Bertz CT molecular complexity index is 1140. The van der Waals surface area contributed by atoms with Gasteiger partial charge in [-0.05, 0) is 73.2 Å². The lowest BCUT2D eigenvalue weighted by atomic mass is 10.1. The number of carbonyl (C=O) groups is 1. The molecule has 3 aromatic carbocycles. The molecule has 0 radical (unpaired) electrons. The summed E-state index contributed by atoms with van der Waals surface area (Å²) < 4.78 is 29.6. The van der Waals surface area contributed by atoms with Gasteiger partial charge in [-0.25, -0.2) is 9.63 Å². The third-order valence-electron chi connectivity index (χ3n) is 3.85. The molecule has 29 heavy (non-hydrogen) atoms. The number of hydrogen-bond acceptors (Lipinski definition) is 5. The van der Waals surface area contributed by atoms with E-state index in [1.807, 2.05) is 13.0 Å². The first-order valence-corrected chi connectivity index (χ1v) is 10.4. The van der Waals surface area contributed by atoms with Crippen LogP contribution in [0.15, 0.2) is 82.8 Å². The van der Waals surface area contributed by atoms with Crippen LogP contribution >= 0.6 is 11.6 Å². The van der Waals surface area contributed by atoms with Gasteiger partial charge in [0.25, 0.3) is 10.0 Å². The Hall–Kier alpha value is -3.16. The van der Waals surface area contributed by atoms with Crippen molar-refractivity contribution >= 4 is 33.8 Å². The van der Waals surface area contributed by atoms with Crippen molar-refractivity contribution in [3.63, 3.8) is 0 Å². The Balaban J connectivity index is 1.61. The molecule has 0 aromatic heterocycles. The normalized spacial score (nSPS) is 11.4. The lowest BCUT2D eigenvalue weighted by molar-refractivity contribution is 0.0734. The lowest BCUT2D eigenvalue weighted by Crippen LogP contribution is -2.18. The number of sulfonamides is 1. The molecule has 0 atom stereocenters. The third kappa shape index (κ3) is 5.66. The third-order valence-corrected chi connectivity index (χ3v) is 5.35. The number of hydrazone groups is 1. The molecule has 0 saturated heterocycles. The number of benzene rings is 3. The maximum atomic E-state index is 12.2. The summed E-state index contributed by atoms with van der Waals surface area (Å²) in [7, 11) is -3.78. The maximum absolute atomic E-state index is 12.2. The molecule has 0 unspecified atom stereocenters. The van der Waals surface area contributed by atoms with Gasteiger partial charge in [0.1, 0.15) is 5.75 Å². The molecular formula is C21H17ClN2O4S. The second-order valence-corrected chi connectivity index (χ2v) is 8.23. The molecule has 0 bridgehead atoms. The van der Waals surface area contributed by atoms with E-state index in [2.05, 4.69) is 9.93 Å². The van der Waals surface area contributed by atoms with Crippen molar-refractivity contribution in [2.24, 2.45) is 5.10 Å². The van der Waals surface area contributed by atoms with Gasteiger partial charge in [0.05, 0.1) is 16.7 Å². The smallest absolute Gasteiger partial charge is 0.343 e. The van der Waals surface area contributed by atoms with Crippen LogP contribution in [0.5, 0.6) is 5.75 Å². The van der Waals surface area contributed by atoms with E-state index in [1.54, 1.807) is 42.5 Å². The molecule has 148 valence electrons. The minimum atomic E-state index is -3.78. The minimum Gasteiger partial charge on any atom is -0.423 e. The first-order chi connectivity index (χ1) is 13.8. The zero-order chi connectivity index (χ0) is 20.9. The summed E-state index contributed by atoms with van der Waals surface area (Å²) in [5.41, 5.74) is 2.05. The monoisotopic (exact) mass is 428 g/mol. The van der Waals surface area contributed by atoms with Crippen molar-refractivity contribution in [1.82, 2.24) is 4.83 Å². The maximum Gasteiger partial charge on any atom is 0.343 e. The van der Waals surface area contributed by atoms with Gasteiger partial charge in [-0.1, -0.05) is 29.3 Å². The van der Waals surface area contributed by atoms with Crippen molar-refractivity contribution in [2.45, 2.75) is 11.8 Å². The van der Waals surface area contributed by atoms with Crippen molar-refractivity contribution in [3.05, 3.63) is 94.5 Å². The van der Waals surface area contributed by atoms with Gasteiger partial charge in [-0.2, -0.15) is 13.5 Å². The number of carbonyl (C=O) groups excluding carboxylic acids is 1. The number of hydrogen-bond donors (Lipinski definition) is 1. The summed E-state index contributed by atoms with van der Waals surface area (Å²) in [6.07, 6.45) is 1.35. The van der Waals surface area contributed by atoms with Crippen LogP contribution in [-0.2, 0) is 10.0 Å². The summed E-state index contributed by atoms with van der Waals surface area (Å²) in [5, 5.41) is 4.20. The second-order valence-electron chi connectivity index (χ2n) is 6.13. The Morgan fingerprint density at radius 3 is 2.38 bits per heavy atom. The Morgan fingerprint density at radius 2 is 1.72 bits per heavy atom. The van der Waals surface area contributed by atoms with Gasteiger partial charge in [0.2, 0.25) is 0 Å². The average molecular weight is 429 g/mol. The molecule has 6 nitrogen and oxygen atoms in total. The quantitative estimate of drug-likeness (QED) is 0.276. The Kier molecular flexibility index (Phi) is 6.31. The average Bonchev–Trinajstić information content (AvgIpc) is 2.69. The van der Waals surface area contributed by atoms with Gasteiger partial charge < -0.3 is 4.74 Å². The largest absolute Gasteiger partial charge is 0.423 e. The molecule has 3 aromatic rings. The fourth-order valence-electron chi connectivity index (χ4n) is 2.40. The molecule has 0 aliphatic carbocycles. The van der Waals surface area contributed by atoms with E-state index in [4.69, 9.17) is 16.3 Å². The number of esters is 1. The van der Waals surface area contributed by atoms with Gasteiger partial charge in [-0.15, -0.1) is 0 Å². The SMILES string of the molecule is Cc1cccc(C(=O)Oc2ccc(C=NNS(=O)(=O)c3ccc(Cl)cc3)cc2)c1. The van der Waals surface area contributed by atoms with Crippen LogP contribution in [0.2, 0.25) is 5.02 Å². The Morgan fingerprint density at radius 1 is 1.03 bits per heavy atom. The Labute approximate surface area is 173 Å². The number of aryl methyl sites for hydroxylation is 1. The van der Waals surface area contributed by atoms with Gasteiger partial charge in [0, 0.05) is 5.02 Å². The molecular weight excluding hydrogens is 412 g/mol. The van der Waals surface area contributed by atoms with Crippen LogP contribution in [-0.4, -0.2) is 20.6 Å². The van der Waals surface area contributed by atoms with Gasteiger partial charge >= 0.3 is 5.97 Å². The molecule has 3 rings (SSSR count). The summed E-state index contributed by atoms with van der Waals surface area (Å²) >= 11 is 5.76. The highest BCUT2D eigenvalue weighted by atomic mass is 35.5. The van der Waals surface area contributed by atoms with Crippen molar-refractivity contribution in [3.8, 4) is 5.75 Å². The molecule has 0 fully saturated rings. The molecule has 1 N–H and O–H groups in total. The fourth-order valence-corrected chi connectivity index (χ4v) is 3.31. The van der Waals surface area contributed by atoms with E-state index >= 15 is 0 Å². The highest BCUT2D eigenvalue weighted by Gasteiger charge is 2.12. The van der Waals surface area contributed by atoms with Crippen LogP contribution in [0.25, 0.3) is 0 Å². The molecule has 0 saturated carbocycles. The van der Waals surface area contributed by atoms with Crippen LogP contribution in [0.1, 0.15) is 21.5 Å². The highest BCUT2D eigenvalue weighted by molar-refractivity contribution is 7.89. The van der Waals surface area contributed by atoms with Crippen molar-refractivity contribution < 1.29 is 17.9 Å². The summed E-state index contributed by atoms with van der Waals surface area (Å²) in [6, 6.07) is 19.4. The standard InChI is InChI=1S/C21H17ClN2O4S/c1-15-3-2-4-17(13-15)21(25)28-19-9-5-16(6-10-19)14-23-24-29(26,27)20-11-7-18(22)8-12-20/h2-14,24H,1H3. The van der Waals surface area contributed by atoms with Crippen LogP contribution in [0.4, 0.5) is 0 Å².